The van der Waals surface area contributed by atoms with Gasteiger partial charge in [-0.25, -0.2) is 4.57 Å². The minimum absolute atomic E-state index is 1.30. The number of hydrogen-bond donors (Lipinski definition) is 0. The Labute approximate surface area is 74.4 Å². The molecule has 0 aliphatic carbocycles. The smallest absolute Gasteiger partial charge is 0.417 e. The average molecular weight is 241 g/mol. The van der Waals surface area contributed by atoms with Crippen LogP contribution in [0.4, 0.5) is 0 Å². The van der Waals surface area contributed by atoms with Crippen molar-refractivity contribution in [2.45, 2.75) is 13.8 Å². The van der Waals surface area contributed by atoms with Crippen molar-refractivity contribution in [2.75, 3.05) is 0 Å². The molecule has 0 aromatic rings. The lowest BCUT2D eigenvalue weighted by molar-refractivity contribution is 0.349. The Morgan fingerprint density at radius 1 is 1.18 bits per heavy atom. The molecule has 0 radical (unpaired) electrons. The van der Waals surface area contributed by atoms with Gasteiger partial charge in [-0.2, -0.15) is 0 Å². The standard InChI is InChI=1S/C6H10BrO3P/c1-3-5-9-11(7,8)10-6-4-2/h3-6H,1-2H3. The van der Waals surface area contributed by atoms with Crippen LogP contribution in [0.2, 0.25) is 0 Å². The largest absolute Gasteiger partial charge is 0.497 e. The van der Waals surface area contributed by atoms with Crippen LogP contribution < -0.4 is 0 Å². The normalized spacial score (nSPS) is 17.0. The van der Waals surface area contributed by atoms with Crippen LogP contribution in [0.1, 0.15) is 13.8 Å². The van der Waals surface area contributed by atoms with Crippen molar-refractivity contribution in [1.82, 2.24) is 0 Å². The molecule has 0 bridgehead atoms. The molecule has 0 unspecified atom stereocenters. The fraction of sp³-hybridized carbons (Fsp3) is 0.333. The number of allylic oxidation sites excluding steroid dienone is 2. The van der Waals surface area contributed by atoms with Gasteiger partial charge in [0.1, 0.15) is 0 Å². The van der Waals surface area contributed by atoms with Crippen molar-refractivity contribution in [3.8, 4) is 0 Å². The van der Waals surface area contributed by atoms with E-state index in [1.165, 1.54) is 12.5 Å². The Hall–Kier alpha value is -0.210. The summed E-state index contributed by atoms with van der Waals surface area (Å²) in [6.45, 7) is 3.51. The van der Waals surface area contributed by atoms with Crippen molar-refractivity contribution in [1.29, 1.82) is 0 Å². The molecular formula is C6H10BrO3P. The van der Waals surface area contributed by atoms with Gasteiger partial charge >= 0.3 is 6.30 Å². The zero-order valence-electron chi connectivity index (χ0n) is 6.36. The Kier molecular flexibility index (Phi) is 5.34. The van der Waals surface area contributed by atoms with E-state index in [1.54, 1.807) is 26.0 Å². The molecule has 64 valence electrons. The molecule has 0 aromatic heterocycles. The fourth-order valence-electron chi connectivity index (χ4n) is 0.292. The van der Waals surface area contributed by atoms with Gasteiger partial charge in [0.15, 0.2) is 0 Å². The highest BCUT2D eigenvalue weighted by Gasteiger charge is 2.17. The topological polar surface area (TPSA) is 35.5 Å². The van der Waals surface area contributed by atoms with Crippen LogP contribution in [0.5, 0.6) is 0 Å². The monoisotopic (exact) mass is 240 g/mol. The molecular weight excluding hydrogens is 231 g/mol. The molecule has 5 heteroatoms. The summed E-state index contributed by atoms with van der Waals surface area (Å²) in [4.78, 5) is 0. The lowest BCUT2D eigenvalue weighted by Crippen LogP contribution is -1.75. The third-order valence-corrected chi connectivity index (χ3v) is 2.40. The van der Waals surface area contributed by atoms with Crippen LogP contribution in [0.3, 0.4) is 0 Å². The van der Waals surface area contributed by atoms with Gasteiger partial charge in [0, 0.05) is 0 Å². The van der Waals surface area contributed by atoms with E-state index in [1.807, 2.05) is 0 Å². The van der Waals surface area contributed by atoms with Gasteiger partial charge in [0.2, 0.25) is 0 Å². The molecule has 0 saturated carbocycles. The van der Waals surface area contributed by atoms with Gasteiger partial charge in [0.05, 0.1) is 28.0 Å². The second-order valence-corrected chi connectivity index (χ2v) is 5.47. The van der Waals surface area contributed by atoms with E-state index in [-0.39, 0.29) is 0 Å². The Morgan fingerprint density at radius 3 is 1.82 bits per heavy atom. The van der Waals surface area contributed by atoms with Gasteiger partial charge in [-0.15, -0.1) is 0 Å². The molecule has 0 heterocycles. The second kappa shape index (κ2) is 5.44. The van der Waals surface area contributed by atoms with Crippen LogP contribution in [-0.4, -0.2) is 0 Å². The van der Waals surface area contributed by atoms with Crippen molar-refractivity contribution < 1.29 is 13.6 Å². The molecule has 0 fully saturated rings. The predicted octanol–water partition coefficient (Wildman–Crippen LogP) is 3.59. The van der Waals surface area contributed by atoms with E-state index in [4.69, 9.17) is 9.05 Å². The van der Waals surface area contributed by atoms with Crippen LogP contribution in [0.15, 0.2) is 24.7 Å². The summed E-state index contributed by atoms with van der Waals surface area (Å²) in [5.74, 6) is 0. The van der Waals surface area contributed by atoms with Crippen molar-refractivity contribution >= 4 is 21.8 Å². The SMILES string of the molecule is CC=COP(=O)(Br)OC=CC. The van der Waals surface area contributed by atoms with Gasteiger partial charge < -0.3 is 9.05 Å². The van der Waals surface area contributed by atoms with E-state index in [0.29, 0.717) is 0 Å². The van der Waals surface area contributed by atoms with E-state index >= 15 is 0 Å². The lowest BCUT2D eigenvalue weighted by Gasteiger charge is -2.06. The molecule has 0 aliphatic rings. The van der Waals surface area contributed by atoms with E-state index < -0.39 is 6.30 Å². The van der Waals surface area contributed by atoms with E-state index in [2.05, 4.69) is 15.5 Å². The van der Waals surface area contributed by atoms with E-state index in [0.717, 1.165) is 0 Å². The van der Waals surface area contributed by atoms with Crippen LogP contribution >= 0.6 is 21.8 Å². The maximum absolute atomic E-state index is 11.1. The molecule has 3 nitrogen and oxygen atoms in total. The summed E-state index contributed by atoms with van der Waals surface area (Å²) in [5, 5.41) is 0. The molecule has 0 aromatic carbocycles. The van der Waals surface area contributed by atoms with Crippen molar-refractivity contribution in [3.63, 3.8) is 0 Å². The first-order valence-corrected chi connectivity index (χ1v) is 6.57. The zero-order chi connectivity index (χ0) is 8.74. The van der Waals surface area contributed by atoms with E-state index in [9.17, 15) is 4.57 Å². The first-order chi connectivity index (χ1) is 5.12. The summed E-state index contributed by atoms with van der Waals surface area (Å²) in [5.41, 5.74) is 0. The van der Waals surface area contributed by atoms with Gasteiger partial charge in [-0.3, -0.25) is 0 Å². The molecule has 0 rings (SSSR count). The zero-order valence-corrected chi connectivity index (χ0v) is 8.84. The lowest BCUT2D eigenvalue weighted by atomic mass is 10.8. The summed E-state index contributed by atoms with van der Waals surface area (Å²) >= 11 is 2.79. The predicted molar refractivity (Wildman–Crippen MR) is 48.3 cm³/mol. The van der Waals surface area contributed by atoms with Crippen LogP contribution in [-0.2, 0) is 13.6 Å². The molecule has 0 N–H and O–H groups in total. The molecule has 0 atom stereocenters. The highest BCUT2D eigenvalue weighted by Crippen LogP contribution is 2.56. The number of halogens is 1. The maximum Gasteiger partial charge on any atom is 0.497 e. The highest BCUT2D eigenvalue weighted by atomic mass is 79.9. The minimum atomic E-state index is -3.09. The van der Waals surface area contributed by atoms with Crippen molar-refractivity contribution in [2.24, 2.45) is 0 Å². The Balaban J connectivity index is 3.90. The summed E-state index contributed by atoms with van der Waals surface area (Å²) < 4.78 is 20.5. The first-order valence-electron chi connectivity index (χ1n) is 3.01. The highest BCUT2D eigenvalue weighted by molar-refractivity contribution is 9.39. The quantitative estimate of drug-likeness (QED) is 0.557. The van der Waals surface area contributed by atoms with Crippen LogP contribution in [0.25, 0.3) is 0 Å². The van der Waals surface area contributed by atoms with Gasteiger partial charge in [-0.05, 0) is 13.8 Å². The number of rotatable bonds is 4. The third-order valence-electron chi connectivity index (χ3n) is 0.646. The molecule has 0 saturated heterocycles. The minimum Gasteiger partial charge on any atom is -0.417 e. The molecule has 0 spiro atoms. The van der Waals surface area contributed by atoms with Crippen molar-refractivity contribution in [3.05, 3.63) is 24.7 Å². The summed E-state index contributed by atoms with van der Waals surface area (Å²) in [7, 11) is 0. The fourth-order valence-corrected chi connectivity index (χ4v) is 1.45. The number of hydrogen-bond acceptors (Lipinski definition) is 3. The summed E-state index contributed by atoms with van der Waals surface area (Å²) in [6, 6.07) is 0. The second-order valence-electron chi connectivity index (χ2n) is 1.58. The van der Waals surface area contributed by atoms with Gasteiger partial charge in [0.25, 0.3) is 0 Å². The molecule has 0 amide bonds. The molecule has 0 aliphatic heterocycles. The maximum atomic E-state index is 11.1. The summed E-state index contributed by atoms with van der Waals surface area (Å²) in [6.07, 6.45) is 2.76. The van der Waals surface area contributed by atoms with Crippen LogP contribution in [0, 0.1) is 0 Å². The Morgan fingerprint density at radius 2 is 1.55 bits per heavy atom. The first kappa shape index (κ1) is 10.8. The van der Waals surface area contributed by atoms with Gasteiger partial charge in [-0.1, -0.05) is 12.2 Å². The molecule has 11 heavy (non-hydrogen) atoms. The third kappa shape index (κ3) is 6.20. The Bertz CT molecular complexity index is 182. The average Bonchev–Trinajstić information content (AvgIpc) is 1.97.